The van der Waals surface area contributed by atoms with E-state index >= 15 is 0 Å². The summed E-state index contributed by atoms with van der Waals surface area (Å²) in [5.74, 6) is 0. The lowest BCUT2D eigenvalue weighted by molar-refractivity contribution is 1.18. The Morgan fingerprint density at radius 3 is 2.60 bits per heavy atom. The van der Waals surface area contributed by atoms with Gasteiger partial charge in [0, 0.05) is 24.8 Å². The first-order valence-corrected chi connectivity index (χ1v) is 4.71. The van der Waals surface area contributed by atoms with Crippen molar-refractivity contribution in [1.29, 1.82) is 0 Å². The van der Waals surface area contributed by atoms with E-state index in [4.69, 9.17) is 0 Å². The third-order valence-corrected chi connectivity index (χ3v) is 2.08. The summed E-state index contributed by atoms with van der Waals surface area (Å²) in [6, 6.07) is 1.97. The minimum absolute atomic E-state index is 0.855. The first-order valence-electron chi connectivity index (χ1n) is 4.71. The Bertz CT molecular complexity index is 463. The zero-order valence-corrected chi connectivity index (χ0v) is 8.46. The topological polar surface area (TPSA) is 38.7 Å². The second-order valence-corrected chi connectivity index (χ2v) is 3.20. The molecule has 0 amide bonds. The first kappa shape index (κ1) is 9.52. The van der Waals surface area contributed by atoms with Crippen molar-refractivity contribution in [2.24, 2.45) is 0 Å². The average Bonchev–Trinajstić information content (AvgIpc) is 2.29. The van der Waals surface area contributed by atoms with E-state index in [-0.39, 0.29) is 0 Å². The molecule has 0 N–H and O–H groups in total. The van der Waals surface area contributed by atoms with Crippen molar-refractivity contribution in [1.82, 2.24) is 15.0 Å². The van der Waals surface area contributed by atoms with E-state index in [1.54, 1.807) is 24.8 Å². The second kappa shape index (κ2) is 4.46. The van der Waals surface area contributed by atoms with Crippen LogP contribution in [0.2, 0.25) is 0 Å². The van der Waals surface area contributed by atoms with Gasteiger partial charge in [0.2, 0.25) is 0 Å². The molecule has 15 heavy (non-hydrogen) atoms. The molecule has 2 aromatic heterocycles. The van der Waals surface area contributed by atoms with Gasteiger partial charge in [0.1, 0.15) is 0 Å². The van der Waals surface area contributed by atoms with Gasteiger partial charge in [-0.1, -0.05) is 6.08 Å². The van der Waals surface area contributed by atoms with Crippen molar-refractivity contribution >= 4 is 12.2 Å². The monoisotopic (exact) mass is 197 g/mol. The fourth-order valence-electron chi connectivity index (χ4n) is 1.24. The Hall–Kier alpha value is -2.03. The molecule has 0 aliphatic carbocycles. The van der Waals surface area contributed by atoms with E-state index in [1.807, 2.05) is 31.3 Å². The lowest BCUT2D eigenvalue weighted by Gasteiger charge is -1.97. The standard InChI is InChI=1S/C12H11N3/c1-10-8-13-5-4-11(10)2-3-12-9-14-6-7-15-12/h2-9H,1H3. The van der Waals surface area contributed by atoms with E-state index in [1.165, 1.54) is 0 Å². The minimum Gasteiger partial charge on any atom is -0.264 e. The number of hydrogen-bond acceptors (Lipinski definition) is 3. The second-order valence-electron chi connectivity index (χ2n) is 3.20. The van der Waals surface area contributed by atoms with Gasteiger partial charge in [-0.05, 0) is 30.2 Å². The highest BCUT2D eigenvalue weighted by Crippen LogP contribution is 2.09. The summed E-state index contributed by atoms with van der Waals surface area (Å²) in [6.45, 7) is 2.03. The zero-order valence-electron chi connectivity index (χ0n) is 8.46. The SMILES string of the molecule is Cc1cnccc1C=Cc1cnccn1. The summed E-state index contributed by atoms with van der Waals surface area (Å²) in [7, 11) is 0. The lowest BCUT2D eigenvalue weighted by atomic mass is 10.1. The molecule has 74 valence electrons. The minimum atomic E-state index is 0.855. The van der Waals surface area contributed by atoms with Crippen LogP contribution in [0.25, 0.3) is 12.2 Å². The number of aryl methyl sites for hydroxylation is 1. The van der Waals surface area contributed by atoms with Crippen LogP contribution >= 0.6 is 0 Å². The summed E-state index contributed by atoms with van der Waals surface area (Å²) >= 11 is 0. The predicted octanol–water partition coefficient (Wildman–Crippen LogP) is 2.35. The van der Waals surface area contributed by atoms with Crippen LogP contribution in [-0.2, 0) is 0 Å². The van der Waals surface area contributed by atoms with Gasteiger partial charge in [-0.2, -0.15) is 0 Å². The van der Waals surface area contributed by atoms with Gasteiger partial charge in [-0.15, -0.1) is 0 Å². The average molecular weight is 197 g/mol. The van der Waals surface area contributed by atoms with Crippen molar-refractivity contribution in [3.8, 4) is 0 Å². The van der Waals surface area contributed by atoms with Crippen LogP contribution < -0.4 is 0 Å². The van der Waals surface area contributed by atoms with Crippen molar-refractivity contribution in [2.45, 2.75) is 6.92 Å². The summed E-state index contributed by atoms with van der Waals surface area (Å²) in [5.41, 5.74) is 3.15. The Morgan fingerprint density at radius 2 is 1.87 bits per heavy atom. The normalized spacial score (nSPS) is 10.7. The van der Waals surface area contributed by atoms with Crippen LogP contribution in [0.3, 0.4) is 0 Å². The number of hydrogen-bond donors (Lipinski definition) is 0. The summed E-state index contributed by atoms with van der Waals surface area (Å²) in [5, 5.41) is 0. The highest BCUT2D eigenvalue weighted by atomic mass is 14.7. The van der Waals surface area contributed by atoms with Gasteiger partial charge in [-0.25, -0.2) is 0 Å². The van der Waals surface area contributed by atoms with E-state index in [0.717, 1.165) is 16.8 Å². The Balaban J connectivity index is 2.23. The molecule has 0 atom stereocenters. The van der Waals surface area contributed by atoms with E-state index in [0.29, 0.717) is 0 Å². The Morgan fingerprint density at radius 1 is 1.00 bits per heavy atom. The molecule has 0 fully saturated rings. The van der Waals surface area contributed by atoms with Crippen LogP contribution in [0.4, 0.5) is 0 Å². The molecule has 0 aliphatic rings. The van der Waals surface area contributed by atoms with Gasteiger partial charge in [0.05, 0.1) is 11.9 Å². The molecule has 0 unspecified atom stereocenters. The fraction of sp³-hybridized carbons (Fsp3) is 0.0833. The summed E-state index contributed by atoms with van der Waals surface area (Å²) in [6.07, 6.45) is 12.6. The van der Waals surface area contributed by atoms with Crippen LogP contribution in [-0.4, -0.2) is 15.0 Å². The molecule has 0 saturated heterocycles. The van der Waals surface area contributed by atoms with Crippen molar-refractivity contribution in [3.63, 3.8) is 0 Å². The zero-order chi connectivity index (χ0) is 10.5. The molecule has 0 spiro atoms. The van der Waals surface area contributed by atoms with Crippen LogP contribution in [0, 0.1) is 6.92 Å². The van der Waals surface area contributed by atoms with Crippen LogP contribution in [0.1, 0.15) is 16.8 Å². The predicted molar refractivity (Wildman–Crippen MR) is 59.9 cm³/mol. The molecule has 2 heterocycles. The van der Waals surface area contributed by atoms with E-state index in [9.17, 15) is 0 Å². The molecule has 0 aromatic carbocycles. The fourth-order valence-corrected chi connectivity index (χ4v) is 1.24. The molecule has 0 radical (unpaired) electrons. The van der Waals surface area contributed by atoms with Crippen molar-refractivity contribution in [2.75, 3.05) is 0 Å². The number of rotatable bonds is 2. The smallest absolute Gasteiger partial charge is 0.0813 e. The van der Waals surface area contributed by atoms with Crippen LogP contribution in [0.5, 0.6) is 0 Å². The molecule has 2 aromatic rings. The summed E-state index contributed by atoms with van der Waals surface area (Å²) in [4.78, 5) is 12.2. The largest absolute Gasteiger partial charge is 0.264 e. The molecule has 2 rings (SSSR count). The third-order valence-electron chi connectivity index (χ3n) is 2.08. The van der Waals surface area contributed by atoms with Crippen LogP contribution in [0.15, 0.2) is 37.1 Å². The van der Waals surface area contributed by atoms with Gasteiger partial charge in [0.15, 0.2) is 0 Å². The maximum absolute atomic E-state index is 4.16. The molecule has 3 nitrogen and oxygen atoms in total. The lowest BCUT2D eigenvalue weighted by Crippen LogP contribution is -1.83. The molecule has 0 aliphatic heterocycles. The van der Waals surface area contributed by atoms with Gasteiger partial charge in [-0.3, -0.25) is 15.0 Å². The number of nitrogens with zero attached hydrogens (tertiary/aromatic N) is 3. The highest BCUT2D eigenvalue weighted by Gasteiger charge is 1.92. The highest BCUT2D eigenvalue weighted by molar-refractivity contribution is 5.68. The summed E-state index contributed by atoms with van der Waals surface area (Å²) < 4.78 is 0. The maximum atomic E-state index is 4.16. The van der Waals surface area contributed by atoms with Gasteiger partial charge < -0.3 is 0 Å². The maximum Gasteiger partial charge on any atom is 0.0813 e. The van der Waals surface area contributed by atoms with E-state index < -0.39 is 0 Å². The van der Waals surface area contributed by atoms with Gasteiger partial charge in [0.25, 0.3) is 0 Å². The molecular weight excluding hydrogens is 186 g/mol. The molecular formula is C12H11N3. The molecule has 3 heteroatoms. The van der Waals surface area contributed by atoms with Gasteiger partial charge >= 0.3 is 0 Å². The Kier molecular flexibility index (Phi) is 2.83. The Labute approximate surface area is 88.6 Å². The van der Waals surface area contributed by atoms with Crippen molar-refractivity contribution < 1.29 is 0 Å². The number of aromatic nitrogens is 3. The quantitative estimate of drug-likeness (QED) is 0.741. The third kappa shape index (κ3) is 2.47. The molecule has 0 bridgehead atoms. The van der Waals surface area contributed by atoms with E-state index in [2.05, 4.69) is 15.0 Å². The van der Waals surface area contributed by atoms with Crippen molar-refractivity contribution in [3.05, 3.63) is 53.9 Å². The first-order chi connectivity index (χ1) is 7.36. The molecule has 0 saturated carbocycles. The number of pyridine rings is 1.